The Hall–Kier alpha value is -5.91. The number of anilines is 2. The fraction of sp³-hybridized carbons (Fsp3) is 0.176. The molecule has 4 rings (SSSR count). The molecule has 2 N–H and O–H groups in total. The summed E-state index contributed by atoms with van der Waals surface area (Å²) in [6.45, 7) is 0.378. The zero-order valence-corrected chi connectivity index (χ0v) is 23.8. The van der Waals surface area contributed by atoms with Gasteiger partial charge < -0.3 is 14.2 Å². The lowest BCUT2D eigenvalue weighted by molar-refractivity contribution is 0.143. The summed E-state index contributed by atoms with van der Waals surface area (Å²) in [4.78, 5) is 38.1. The van der Waals surface area contributed by atoms with E-state index in [2.05, 4.69) is 15.6 Å². The minimum absolute atomic E-state index is 0.189. The second-order valence-electron chi connectivity index (χ2n) is 9.68. The molecule has 0 aliphatic rings. The molecule has 0 radical (unpaired) electrons. The number of ether oxygens (including phenoxy) is 3. The normalized spacial score (nSPS) is 10.1. The number of nitrogens with zero attached hydrogens (tertiary/aromatic N) is 2. The Bertz CT molecular complexity index is 1610. The molecule has 0 saturated carbocycles. The number of carbonyl (C=O) groups is 2. The molecule has 0 spiro atoms. The van der Waals surface area contributed by atoms with Gasteiger partial charge in [-0.25, -0.2) is 14.4 Å². The van der Waals surface area contributed by atoms with Gasteiger partial charge in [-0.15, -0.1) is 5.26 Å². The second-order valence-corrected chi connectivity index (χ2v) is 9.68. The molecule has 222 valence electrons. The highest BCUT2D eigenvalue weighted by atomic mass is 16.6. The fourth-order valence-electron chi connectivity index (χ4n) is 4.19. The third kappa shape index (κ3) is 10.5. The van der Waals surface area contributed by atoms with E-state index in [0.29, 0.717) is 48.5 Å². The van der Waals surface area contributed by atoms with Crippen molar-refractivity contribution in [2.75, 3.05) is 23.8 Å². The predicted octanol–water partition coefficient (Wildman–Crippen LogP) is 7.27. The number of hydrogen-bond donors (Lipinski definition) is 2. The molecule has 10 heteroatoms. The van der Waals surface area contributed by atoms with E-state index in [9.17, 15) is 14.4 Å². The molecule has 10 nitrogen and oxygen atoms in total. The van der Waals surface area contributed by atoms with E-state index in [1.54, 1.807) is 54.8 Å². The molecule has 0 aliphatic carbocycles. The molecule has 0 aliphatic heterocycles. The Labute approximate surface area is 254 Å². The van der Waals surface area contributed by atoms with Gasteiger partial charge in [0, 0.05) is 11.4 Å². The zero-order valence-electron chi connectivity index (χ0n) is 23.8. The van der Waals surface area contributed by atoms with Gasteiger partial charge >= 0.3 is 12.2 Å². The van der Waals surface area contributed by atoms with Crippen molar-refractivity contribution < 1.29 is 28.6 Å². The molecule has 4 aromatic rings. The lowest BCUT2D eigenvalue weighted by atomic mass is 10.0. The van der Waals surface area contributed by atoms with Gasteiger partial charge in [0.05, 0.1) is 18.9 Å². The maximum atomic E-state index is 12.1. The molecule has 4 aromatic carbocycles. The topological polar surface area (TPSA) is 139 Å². The van der Waals surface area contributed by atoms with Gasteiger partial charge in [-0.3, -0.25) is 10.6 Å². The van der Waals surface area contributed by atoms with Crippen LogP contribution in [0.3, 0.4) is 0 Å². The summed E-state index contributed by atoms with van der Waals surface area (Å²) >= 11 is 0. The van der Waals surface area contributed by atoms with Crippen molar-refractivity contribution in [1.82, 2.24) is 0 Å². The van der Waals surface area contributed by atoms with E-state index in [1.807, 2.05) is 48.5 Å². The number of unbranched alkanes of at least 4 members (excludes halogenated alkanes) is 1. The molecule has 0 heterocycles. The van der Waals surface area contributed by atoms with Crippen LogP contribution in [0.5, 0.6) is 5.75 Å². The van der Waals surface area contributed by atoms with Gasteiger partial charge in [-0.1, -0.05) is 48.5 Å². The highest BCUT2D eigenvalue weighted by molar-refractivity contribution is 5.85. The van der Waals surface area contributed by atoms with Crippen LogP contribution in [0.1, 0.15) is 35.1 Å². The number of aliphatic imine (C=N–C) groups is 1. The maximum Gasteiger partial charge on any atom is 0.411 e. The van der Waals surface area contributed by atoms with Gasteiger partial charge in [0.25, 0.3) is 6.26 Å². The molecule has 0 atom stereocenters. The second kappa shape index (κ2) is 16.5. The molecular weight excluding hydrogens is 560 g/mol. The van der Waals surface area contributed by atoms with Crippen molar-refractivity contribution >= 4 is 35.3 Å². The summed E-state index contributed by atoms with van der Waals surface area (Å²) in [6.07, 6.45) is 4.51. The summed E-state index contributed by atoms with van der Waals surface area (Å²) in [7, 11) is 0. The van der Waals surface area contributed by atoms with Gasteiger partial charge in [0.2, 0.25) is 6.08 Å². The van der Waals surface area contributed by atoms with E-state index in [-0.39, 0.29) is 13.2 Å². The van der Waals surface area contributed by atoms with Crippen LogP contribution >= 0.6 is 0 Å². The number of nitrogens with one attached hydrogen (secondary N) is 2. The lowest BCUT2D eigenvalue weighted by Crippen LogP contribution is -2.16. The summed E-state index contributed by atoms with van der Waals surface area (Å²) in [5.74, 6) is 0.496. The van der Waals surface area contributed by atoms with Crippen LogP contribution in [-0.4, -0.2) is 31.5 Å². The number of benzene rings is 4. The average molecular weight is 591 g/mol. The van der Waals surface area contributed by atoms with E-state index >= 15 is 0 Å². The minimum Gasteiger partial charge on any atom is -0.449 e. The largest absolute Gasteiger partial charge is 0.449 e. The third-order valence-corrected chi connectivity index (χ3v) is 6.42. The van der Waals surface area contributed by atoms with Crippen molar-refractivity contribution in [3.63, 3.8) is 0 Å². The van der Waals surface area contributed by atoms with Crippen molar-refractivity contribution in [3.05, 3.63) is 119 Å². The molecule has 0 fully saturated rings. The van der Waals surface area contributed by atoms with Gasteiger partial charge in [0.1, 0.15) is 5.75 Å². The SMILES string of the molecule is N#COc1ccc(Cc2ccc(NC(=O)OCCCCOC(=O)Nc3ccc(Cc4ccc(N=C=O)cc4)cc3)cc2)cc1. The third-order valence-electron chi connectivity index (χ3n) is 6.42. The van der Waals surface area contributed by atoms with Gasteiger partial charge in [-0.05, 0) is 96.5 Å². The maximum absolute atomic E-state index is 12.1. The number of rotatable bonds is 13. The fourth-order valence-corrected chi connectivity index (χ4v) is 4.19. The Morgan fingerprint density at radius 2 is 1.05 bits per heavy atom. The number of amides is 2. The Balaban J connectivity index is 1.07. The quantitative estimate of drug-likeness (QED) is 0.0722. The molecule has 2 amide bonds. The first-order chi connectivity index (χ1) is 21.5. The van der Waals surface area contributed by atoms with E-state index in [0.717, 1.165) is 22.3 Å². The standard InChI is InChI=1S/C34H30N4O6/c35-23-44-32-17-9-28(10-18-32)22-27-7-15-31(16-8-27)38-34(41)43-20-2-1-19-42-33(40)37-30-13-5-26(6-14-30)21-25-3-11-29(12-4-25)36-24-39/h3-18H,1-2,19-22H2,(H,37,40)(H,38,41). The average Bonchev–Trinajstić information content (AvgIpc) is 3.03. The molecule has 0 unspecified atom stereocenters. The number of nitriles is 1. The summed E-state index contributed by atoms with van der Waals surface area (Å²) in [5.41, 5.74) is 6.04. The Morgan fingerprint density at radius 1 is 0.636 bits per heavy atom. The highest BCUT2D eigenvalue weighted by Crippen LogP contribution is 2.19. The Morgan fingerprint density at radius 3 is 1.45 bits per heavy atom. The Kier molecular flexibility index (Phi) is 11.6. The van der Waals surface area contributed by atoms with E-state index in [4.69, 9.17) is 19.5 Å². The number of carbonyl (C=O) groups excluding carboxylic acids is 3. The monoisotopic (exact) mass is 590 g/mol. The molecule has 44 heavy (non-hydrogen) atoms. The van der Waals surface area contributed by atoms with E-state index < -0.39 is 12.2 Å². The van der Waals surface area contributed by atoms with Crippen LogP contribution in [0.25, 0.3) is 0 Å². The van der Waals surface area contributed by atoms with Crippen molar-refractivity contribution in [2.24, 2.45) is 4.99 Å². The lowest BCUT2D eigenvalue weighted by Gasteiger charge is -2.09. The van der Waals surface area contributed by atoms with Gasteiger partial charge in [0.15, 0.2) is 0 Å². The zero-order chi connectivity index (χ0) is 31.0. The molecule has 0 saturated heterocycles. The molecule has 0 bridgehead atoms. The molecule has 0 aromatic heterocycles. The first-order valence-corrected chi connectivity index (χ1v) is 13.9. The minimum atomic E-state index is -0.559. The summed E-state index contributed by atoms with van der Waals surface area (Å²) in [5, 5.41) is 14.0. The van der Waals surface area contributed by atoms with Crippen LogP contribution in [-0.2, 0) is 27.1 Å². The van der Waals surface area contributed by atoms with Crippen molar-refractivity contribution in [3.8, 4) is 12.0 Å². The van der Waals surface area contributed by atoms with Crippen LogP contribution in [0.15, 0.2) is 102 Å². The van der Waals surface area contributed by atoms with Crippen molar-refractivity contribution in [2.45, 2.75) is 25.7 Å². The first-order valence-electron chi connectivity index (χ1n) is 13.9. The highest BCUT2D eigenvalue weighted by Gasteiger charge is 2.06. The van der Waals surface area contributed by atoms with Crippen LogP contribution < -0.4 is 15.4 Å². The summed E-state index contributed by atoms with van der Waals surface area (Å²) in [6, 6.07) is 29.5. The van der Waals surface area contributed by atoms with Crippen LogP contribution in [0.4, 0.5) is 26.7 Å². The number of isocyanates is 1. The van der Waals surface area contributed by atoms with Crippen molar-refractivity contribution in [1.29, 1.82) is 5.26 Å². The van der Waals surface area contributed by atoms with E-state index in [1.165, 1.54) is 6.08 Å². The van der Waals surface area contributed by atoms with Crippen LogP contribution in [0, 0.1) is 11.5 Å². The number of hydrogen-bond acceptors (Lipinski definition) is 8. The molecular formula is C34H30N4O6. The predicted molar refractivity (Wildman–Crippen MR) is 165 cm³/mol. The smallest absolute Gasteiger partial charge is 0.411 e. The van der Waals surface area contributed by atoms with Gasteiger partial charge in [-0.2, -0.15) is 4.99 Å². The first kappa shape index (κ1) is 31.0. The summed E-state index contributed by atoms with van der Waals surface area (Å²) < 4.78 is 15.2. The van der Waals surface area contributed by atoms with Crippen LogP contribution in [0.2, 0.25) is 0 Å².